The third kappa shape index (κ3) is 1.28. The molecule has 4 fully saturated rings. The zero-order chi connectivity index (χ0) is 16.1. The lowest BCUT2D eigenvalue weighted by Gasteiger charge is -2.71. The predicted octanol–water partition coefficient (Wildman–Crippen LogP) is -5.52. The summed E-state index contributed by atoms with van der Waals surface area (Å²) in [6, 6.07) is 0. The number of aliphatic imine (C=N–C) groups is 1. The molecule has 11 nitrogen and oxygen atoms in total. The van der Waals surface area contributed by atoms with Crippen LogP contribution in [0, 0.1) is 5.92 Å². The second-order valence-electron chi connectivity index (χ2n) is 6.22. The summed E-state index contributed by atoms with van der Waals surface area (Å²) >= 11 is 0. The molecule has 0 radical (unpaired) electrons. The van der Waals surface area contributed by atoms with E-state index in [0.29, 0.717) is 0 Å². The van der Waals surface area contributed by atoms with Gasteiger partial charge in [-0.15, -0.1) is 0 Å². The van der Waals surface area contributed by atoms with Crippen molar-refractivity contribution in [3.05, 3.63) is 0 Å². The van der Waals surface area contributed by atoms with E-state index in [2.05, 4.69) is 10.3 Å². The summed E-state index contributed by atoms with van der Waals surface area (Å²) in [7, 11) is 0. The van der Waals surface area contributed by atoms with Crippen molar-refractivity contribution in [2.45, 2.75) is 47.8 Å². The van der Waals surface area contributed by atoms with Crippen molar-refractivity contribution in [1.29, 1.82) is 0 Å². The molecule has 22 heavy (non-hydrogen) atoms. The first-order valence-corrected chi connectivity index (χ1v) is 6.77. The third-order valence-corrected chi connectivity index (χ3v) is 5.22. The molecule has 0 aromatic rings. The lowest BCUT2D eigenvalue weighted by molar-refractivity contribution is -0.548. The first kappa shape index (κ1) is 14.5. The van der Waals surface area contributed by atoms with Gasteiger partial charge in [0.05, 0.1) is 12.5 Å². The van der Waals surface area contributed by atoms with Crippen LogP contribution >= 0.6 is 0 Å². The van der Waals surface area contributed by atoms with E-state index in [9.17, 15) is 30.6 Å². The Balaban J connectivity index is 1.95. The molecular weight excluding hydrogens is 302 g/mol. The molecule has 124 valence electrons. The molecule has 4 aliphatic heterocycles. The van der Waals surface area contributed by atoms with Gasteiger partial charge in [0, 0.05) is 0 Å². The Hall–Kier alpha value is -1.05. The Morgan fingerprint density at radius 1 is 1.18 bits per heavy atom. The maximum Gasteiger partial charge on any atom is 0.311 e. The van der Waals surface area contributed by atoms with Crippen LogP contribution in [0.1, 0.15) is 0 Å². The fraction of sp³-hybridized carbons (Fsp3) is 0.909. The first-order chi connectivity index (χ1) is 10.2. The minimum atomic E-state index is -2.52. The molecule has 1 aliphatic carbocycles. The monoisotopic (exact) mass is 319 g/mol. The Kier molecular flexibility index (Phi) is 2.57. The molecule has 9 atom stereocenters. The highest BCUT2D eigenvalue weighted by atomic mass is 16.9. The maximum absolute atomic E-state index is 10.6. The Morgan fingerprint density at radius 2 is 1.82 bits per heavy atom. The van der Waals surface area contributed by atoms with Gasteiger partial charge in [0.1, 0.15) is 29.5 Å². The fourth-order valence-corrected chi connectivity index (χ4v) is 4.24. The number of aliphatic hydroxyl groups excluding tert-OH is 4. The summed E-state index contributed by atoms with van der Waals surface area (Å²) < 4.78 is 10.3. The van der Waals surface area contributed by atoms with Gasteiger partial charge >= 0.3 is 5.97 Å². The van der Waals surface area contributed by atoms with Crippen molar-refractivity contribution in [3.63, 3.8) is 0 Å². The Bertz CT molecular complexity index is 561. The van der Waals surface area contributed by atoms with Gasteiger partial charge in [-0.25, -0.2) is 4.99 Å². The van der Waals surface area contributed by atoms with E-state index < -0.39 is 60.3 Å². The van der Waals surface area contributed by atoms with E-state index in [4.69, 9.17) is 15.2 Å². The van der Waals surface area contributed by atoms with Crippen molar-refractivity contribution in [3.8, 4) is 0 Å². The van der Waals surface area contributed by atoms with Crippen LogP contribution in [0.2, 0.25) is 0 Å². The minimum absolute atomic E-state index is 0.250. The Labute approximate surface area is 123 Å². The standard InChI is InChI=1S/C11H17N3O8/c12-8-13-6(17)2-4-9(19,1-15)5-3(16)10(2,14-8)7(18)11(20,21-4)22-5/h2-7,15-20H,1H2,(H3,12,13,14)/t2-,3+,4+,5+,6+,7+,9+,10+,11-/m1/s1. The van der Waals surface area contributed by atoms with E-state index in [0.717, 1.165) is 0 Å². The summed E-state index contributed by atoms with van der Waals surface area (Å²) in [4.78, 5) is 3.70. The van der Waals surface area contributed by atoms with Gasteiger partial charge < -0.3 is 51.2 Å². The van der Waals surface area contributed by atoms with Gasteiger partial charge in [0.15, 0.2) is 18.3 Å². The molecule has 1 spiro atoms. The zero-order valence-electron chi connectivity index (χ0n) is 11.2. The molecule has 11 heteroatoms. The molecule has 4 bridgehead atoms. The van der Waals surface area contributed by atoms with Crippen LogP contribution in [0.15, 0.2) is 4.99 Å². The molecule has 0 aromatic heterocycles. The SMILES string of the molecule is NC1=N[C@@H](O)[C@H]2[C@@H]3O[C@@]4(O)O[C@@H]([C@H](O)[C@]2(N1)[C@@H]4O)[C@]3(O)CO. The van der Waals surface area contributed by atoms with Crippen LogP contribution < -0.4 is 11.1 Å². The number of rotatable bonds is 1. The van der Waals surface area contributed by atoms with Gasteiger partial charge in [0.25, 0.3) is 0 Å². The van der Waals surface area contributed by atoms with Crippen molar-refractivity contribution < 1.29 is 40.1 Å². The average Bonchev–Trinajstić information content (AvgIpc) is 2.45. The van der Waals surface area contributed by atoms with Crippen LogP contribution in [0.5, 0.6) is 0 Å². The number of hydrogen-bond donors (Lipinski definition) is 8. The van der Waals surface area contributed by atoms with Gasteiger partial charge in [-0.3, -0.25) is 0 Å². The topological polar surface area (TPSA) is 190 Å². The van der Waals surface area contributed by atoms with Crippen molar-refractivity contribution in [2.75, 3.05) is 6.61 Å². The van der Waals surface area contributed by atoms with Gasteiger partial charge in [-0.1, -0.05) is 0 Å². The molecule has 0 unspecified atom stereocenters. The van der Waals surface area contributed by atoms with E-state index in [1.54, 1.807) is 0 Å². The summed E-state index contributed by atoms with van der Waals surface area (Å²) in [5, 5.41) is 64.3. The maximum atomic E-state index is 10.6. The number of ether oxygens (including phenoxy) is 2. The normalized spacial score (nSPS) is 62.4. The van der Waals surface area contributed by atoms with Gasteiger partial charge in [-0.05, 0) is 0 Å². The average molecular weight is 319 g/mol. The first-order valence-electron chi connectivity index (χ1n) is 6.77. The van der Waals surface area contributed by atoms with E-state index in [1.165, 1.54) is 0 Å². The van der Waals surface area contributed by atoms with E-state index >= 15 is 0 Å². The number of nitrogens with one attached hydrogen (secondary N) is 1. The quantitative estimate of drug-likeness (QED) is 0.231. The van der Waals surface area contributed by atoms with Crippen molar-refractivity contribution in [2.24, 2.45) is 16.6 Å². The van der Waals surface area contributed by atoms with Gasteiger partial charge in [-0.2, -0.15) is 0 Å². The van der Waals surface area contributed by atoms with Crippen molar-refractivity contribution in [1.82, 2.24) is 5.32 Å². The predicted molar refractivity (Wildman–Crippen MR) is 65.7 cm³/mol. The summed E-state index contributed by atoms with van der Waals surface area (Å²) in [5.74, 6) is -3.95. The van der Waals surface area contributed by atoms with Crippen LogP contribution in [-0.2, 0) is 9.47 Å². The van der Waals surface area contributed by atoms with Crippen LogP contribution in [0.25, 0.3) is 0 Å². The number of guanidine groups is 1. The smallest absolute Gasteiger partial charge is 0.311 e. The lowest BCUT2D eigenvalue weighted by atomic mass is 9.55. The van der Waals surface area contributed by atoms with Gasteiger partial charge in [0.2, 0.25) is 0 Å². The number of nitrogens with zero attached hydrogens (tertiary/aromatic N) is 1. The summed E-state index contributed by atoms with van der Waals surface area (Å²) in [6.07, 6.45) is -7.77. The van der Waals surface area contributed by atoms with Crippen LogP contribution in [-0.4, -0.2) is 91.0 Å². The third-order valence-electron chi connectivity index (χ3n) is 5.22. The number of nitrogens with two attached hydrogens (primary N) is 1. The van der Waals surface area contributed by atoms with E-state index in [-0.39, 0.29) is 5.96 Å². The lowest BCUT2D eigenvalue weighted by Crippen LogP contribution is -2.95. The molecule has 9 N–H and O–H groups in total. The second kappa shape index (κ2) is 3.88. The summed E-state index contributed by atoms with van der Waals surface area (Å²) in [5.41, 5.74) is 1.74. The largest absolute Gasteiger partial charge is 0.393 e. The Morgan fingerprint density at radius 3 is 2.45 bits per heavy atom. The van der Waals surface area contributed by atoms with Crippen LogP contribution in [0.3, 0.4) is 0 Å². The van der Waals surface area contributed by atoms with E-state index in [1.807, 2.05) is 0 Å². The molecule has 5 aliphatic rings. The highest BCUT2D eigenvalue weighted by molar-refractivity contribution is 5.80. The molecular formula is C11H17N3O8. The molecule has 0 amide bonds. The second-order valence-corrected chi connectivity index (χ2v) is 6.22. The molecule has 1 saturated carbocycles. The minimum Gasteiger partial charge on any atom is -0.393 e. The van der Waals surface area contributed by atoms with Crippen LogP contribution in [0.4, 0.5) is 0 Å². The fourth-order valence-electron chi connectivity index (χ4n) is 4.24. The number of hydrogen-bond acceptors (Lipinski definition) is 11. The molecule has 4 heterocycles. The summed E-state index contributed by atoms with van der Waals surface area (Å²) in [6.45, 7) is -0.857. The highest BCUT2D eigenvalue weighted by Crippen LogP contribution is 2.58. The zero-order valence-corrected chi connectivity index (χ0v) is 11.2. The molecule has 5 rings (SSSR count). The van der Waals surface area contributed by atoms with Crippen molar-refractivity contribution >= 4 is 5.96 Å². The highest BCUT2D eigenvalue weighted by Gasteiger charge is 2.82. The molecule has 3 saturated heterocycles. The number of aliphatic hydroxyl groups is 6. The molecule has 0 aromatic carbocycles.